The number of hydrogen-bond donors (Lipinski definition) is 14. The number of esters is 1. The highest BCUT2D eigenvalue weighted by molar-refractivity contribution is 5.77. The molecule has 4 heterocycles. The zero-order chi connectivity index (χ0) is 48.7. The van der Waals surface area contributed by atoms with Crippen molar-refractivity contribution in [1.29, 1.82) is 0 Å². The van der Waals surface area contributed by atoms with Crippen LogP contribution in [-0.4, -0.2) is 232 Å². The van der Waals surface area contributed by atoms with Crippen molar-refractivity contribution in [1.82, 2.24) is 0 Å². The van der Waals surface area contributed by atoms with Crippen molar-refractivity contribution in [2.24, 2.45) is 28.1 Å². The largest absolute Gasteiger partial charge is 0.432 e. The van der Waals surface area contributed by atoms with E-state index in [1.165, 1.54) is 0 Å². The van der Waals surface area contributed by atoms with Gasteiger partial charge in [0.25, 0.3) is 0 Å². The molecule has 8 rings (SSSR count). The van der Waals surface area contributed by atoms with E-state index in [1.807, 2.05) is 6.92 Å². The van der Waals surface area contributed by atoms with Crippen molar-refractivity contribution in [2.45, 2.75) is 200 Å². The van der Waals surface area contributed by atoms with E-state index >= 15 is 0 Å². The zero-order valence-electron chi connectivity index (χ0n) is 37.5. The lowest BCUT2D eigenvalue weighted by Crippen LogP contribution is -2.67. The summed E-state index contributed by atoms with van der Waals surface area (Å²) in [6.07, 6.45) is -27.8. The molecule has 1 spiro atoms. The van der Waals surface area contributed by atoms with Gasteiger partial charge in [0.15, 0.2) is 18.9 Å². The standard InChI is InChI=1S/C44H70O23/c1-17-11-43-9-5-22-41(2,7-4-8-42(22,3)40(59)66-38-31(56)27(52)25(50)19(13-46)61-38)23(43)6-10-44(17,16-43)67-39-33(58)29(54)35(21(15-48)63-39)65-37-32(57)28(53)34(20(14-47)62-37)64-36-30(55)26(51)24(49)18(12-45)60-36/h18-39,45-58H,1,4-16H2,2-3H3/t18?,19?,20?,21?,22-,23-,24+,25+,26-,27-,28+,29+,30?,31?,32?,33?,34+,35+,36-,37-,38-,39-,41+,42+,43+,44-/m0/s1. The van der Waals surface area contributed by atoms with Crippen LogP contribution in [0.4, 0.5) is 0 Å². The van der Waals surface area contributed by atoms with Gasteiger partial charge in [-0.15, -0.1) is 0 Å². The van der Waals surface area contributed by atoms with E-state index in [1.54, 1.807) is 0 Å². The van der Waals surface area contributed by atoms with Crippen molar-refractivity contribution in [3.8, 4) is 0 Å². The minimum absolute atomic E-state index is 0.0994. The molecule has 4 saturated heterocycles. The van der Waals surface area contributed by atoms with Gasteiger partial charge in [0.1, 0.15) is 97.7 Å². The van der Waals surface area contributed by atoms with E-state index in [9.17, 15) is 76.3 Å². The van der Waals surface area contributed by atoms with Crippen LogP contribution in [0.1, 0.15) is 71.6 Å². The molecule has 8 unspecified atom stereocenters. The molecule has 4 aliphatic carbocycles. The van der Waals surface area contributed by atoms with Crippen molar-refractivity contribution in [2.75, 3.05) is 26.4 Å². The second kappa shape index (κ2) is 19.4. The molecular weight excluding hydrogens is 896 g/mol. The normalized spacial score (nSPS) is 54.5. The average Bonchev–Trinajstić information content (AvgIpc) is 3.50. The van der Waals surface area contributed by atoms with Gasteiger partial charge in [-0.1, -0.05) is 19.9 Å². The number of fused-ring (bicyclic) bond motifs is 3. The van der Waals surface area contributed by atoms with Crippen molar-refractivity contribution in [3.63, 3.8) is 0 Å². The fraction of sp³-hybridized carbons (Fsp3) is 0.932. The lowest BCUT2D eigenvalue weighted by atomic mass is 9.41. The Morgan fingerprint density at radius 2 is 1.03 bits per heavy atom. The van der Waals surface area contributed by atoms with Gasteiger partial charge in [0.05, 0.1) is 37.4 Å². The number of hydrogen-bond acceptors (Lipinski definition) is 23. The Bertz CT molecular complexity index is 1750. The first-order valence-electron chi connectivity index (χ1n) is 23.4. The first-order chi connectivity index (χ1) is 31.6. The molecule has 8 aliphatic rings. The highest BCUT2D eigenvalue weighted by Crippen LogP contribution is 2.73. The van der Waals surface area contributed by atoms with Crippen LogP contribution in [0.5, 0.6) is 0 Å². The molecule has 14 N–H and O–H groups in total. The average molecular weight is 967 g/mol. The summed E-state index contributed by atoms with van der Waals surface area (Å²) in [7, 11) is 0. The highest BCUT2D eigenvalue weighted by Gasteiger charge is 2.69. The van der Waals surface area contributed by atoms with E-state index in [-0.39, 0.29) is 22.7 Å². The van der Waals surface area contributed by atoms with E-state index in [0.29, 0.717) is 51.4 Å². The first kappa shape index (κ1) is 51.7. The van der Waals surface area contributed by atoms with E-state index < -0.39 is 166 Å². The fourth-order valence-electron chi connectivity index (χ4n) is 13.5. The highest BCUT2D eigenvalue weighted by atomic mass is 16.8. The molecule has 26 atom stereocenters. The van der Waals surface area contributed by atoms with E-state index in [4.69, 9.17) is 37.9 Å². The summed E-state index contributed by atoms with van der Waals surface area (Å²) in [6, 6.07) is 0. The van der Waals surface area contributed by atoms with Gasteiger partial charge in [-0.25, -0.2) is 0 Å². The predicted molar refractivity (Wildman–Crippen MR) is 219 cm³/mol. The maximum absolute atomic E-state index is 14.2. The number of carbonyl (C=O) groups is 1. The van der Waals surface area contributed by atoms with Gasteiger partial charge in [-0.2, -0.15) is 0 Å². The van der Waals surface area contributed by atoms with Gasteiger partial charge in [0.2, 0.25) is 6.29 Å². The van der Waals surface area contributed by atoms with Gasteiger partial charge in [-0.05, 0) is 86.5 Å². The SMILES string of the molecule is C=C1C[C@@]23CC[C@H]4[C@@](C)(CCC[C@@]4(C)C(=O)O[C@@H]4OC(CO)[C@@H](O)[C@H](O)C4O)[C@@H]2CC[C@]1(O[C@@H]1OC(CO)[C@@H](O[C@@H]2OC(CO)[C@@H](O[C@@H]4OC(CO)[C@@H](O)[C@H](O)C4O)[C@H](O)C2O)[C@H](O)C1O)C3. The van der Waals surface area contributed by atoms with Crippen LogP contribution in [0, 0.1) is 28.1 Å². The summed E-state index contributed by atoms with van der Waals surface area (Å²) in [6.45, 7) is 5.44. The Kier molecular flexibility index (Phi) is 15.0. The molecule has 0 aromatic rings. The van der Waals surface area contributed by atoms with Crippen LogP contribution < -0.4 is 0 Å². The second-order valence-electron chi connectivity index (χ2n) is 20.8. The number of ether oxygens (including phenoxy) is 8. The molecular formula is C44H70O23. The van der Waals surface area contributed by atoms with Gasteiger partial charge < -0.3 is 109 Å². The Morgan fingerprint density at radius 3 is 1.58 bits per heavy atom. The smallest absolute Gasteiger partial charge is 0.314 e. The molecule has 2 bridgehead atoms. The quantitative estimate of drug-likeness (QED) is 0.0494. The minimum Gasteiger partial charge on any atom is -0.432 e. The molecule has 384 valence electrons. The first-order valence-corrected chi connectivity index (χ1v) is 23.4. The van der Waals surface area contributed by atoms with Crippen LogP contribution in [0.2, 0.25) is 0 Å². The Labute approximate surface area is 386 Å². The topological polar surface area (TPSA) is 374 Å². The maximum atomic E-state index is 14.2. The molecule has 0 aromatic carbocycles. The molecule has 23 nitrogen and oxygen atoms in total. The Hall–Kier alpha value is -1.63. The van der Waals surface area contributed by atoms with Gasteiger partial charge in [-0.3, -0.25) is 4.79 Å². The molecule has 4 saturated carbocycles. The van der Waals surface area contributed by atoms with Crippen LogP contribution in [0.15, 0.2) is 12.2 Å². The maximum Gasteiger partial charge on any atom is 0.314 e. The Balaban J connectivity index is 0.920. The summed E-state index contributed by atoms with van der Waals surface area (Å²) in [5, 5.41) is 147. The predicted octanol–water partition coefficient (Wildman–Crippen LogP) is -5.11. The molecule has 4 aliphatic heterocycles. The fourth-order valence-corrected chi connectivity index (χ4v) is 13.5. The molecule has 0 aromatic heterocycles. The molecule has 0 amide bonds. The summed E-state index contributed by atoms with van der Waals surface area (Å²) in [5.41, 5.74) is -1.91. The summed E-state index contributed by atoms with van der Waals surface area (Å²) >= 11 is 0. The van der Waals surface area contributed by atoms with E-state index in [0.717, 1.165) is 12.0 Å². The number of aliphatic hydroxyl groups is 14. The summed E-state index contributed by atoms with van der Waals surface area (Å²) in [4.78, 5) is 14.2. The van der Waals surface area contributed by atoms with E-state index in [2.05, 4.69) is 13.5 Å². The van der Waals surface area contributed by atoms with Crippen LogP contribution >= 0.6 is 0 Å². The molecule has 23 heteroatoms. The van der Waals surface area contributed by atoms with Crippen molar-refractivity contribution >= 4 is 5.97 Å². The summed E-state index contributed by atoms with van der Waals surface area (Å²) in [5.74, 6) is -0.650. The number of aliphatic hydroxyl groups excluding tert-OH is 14. The van der Waals surface area contributed by atoms with Crippen LogP contribution in [-0.2, 0) is 42.7 Å². The van der Waals surface area contributed by atoms with Gasteiger partial charge in [0, 0.05) is 0 Å². The van der Waals surface area contributed by atoms with Gasteiger partial charge >= 0.3 is 5.97 Å². The lowest BCUT2D eigenvalue weighted by Gasteiger charge is -2.64. The lowest BCUT2D eigenvalue weighted by molar-refractivity contribution is -0.383. The monoisotopic (exact) mass is 966 g/mol. The molecule has 8 fully saturated rings. The van der Waals surface area contributed by atoms with Crippen LogP contribution in [0.25, 0.3) is 0 Å². The molecule has 67 heavy (non-hydrogen) atoms. The summed E-state index contributed by atoms with van der Waals surface area (Å²) < 4.78 is 46.6. The van der Waals surface area contributed by atoms with Crippen molar-refractivity contribution in [3.05, 3.63) is 12.2 Å². The Morgan fingerprint density at radius 1 is 0.567 bits per heavy atom. The minimum atomic E-state index is -1.98. The number of rotatable bonds is 12. The van der Waals surface area contributed by atoms with Crippen molar-refractivity contribution < 1.29 is 114 Å². The third kappa shape index (κ3) is 8.63. The third-order valence-corrected chi connectivity index (χ3v) is 17.1. The molecule has 0 radical (unpaired) electrons. The second-order valence-corrected chi connectivity index (χ2v) is 20.8. The third-order valence-electron chi connectivity index (χ3n) is 17.1. The van der Waals surface area contributed by atoms with Crippen LogP contribution in [0.3, 0.4) is 0 Å². The number of carbonyl (C=O) groups excluding carboxylic acids is 1. The zero-order valence-corrected chi connectivity index (χ0v) is 37.5.